The van der Waals surface area contributed by atoms with Gasteiger partial charge in [0.25, 0.3) is 5.91 Å². The van der Waals surface area contributed by atoms with E-state index in [1.807, 2.05) is 20.8 Å². The van der Waals surface area contributed by atoms with Gasteiger partial charge >= 0.3 is 0 Å². The minimum Gasteiger partial charge on any atom is -0.395 e. The minimum atomic E-state index is -0.474. The molecule has 1 amide bonds. The summed E-state index contributed by atoms with van der Waals surface area (Å²) in [6.45, 7) is 6.45. The van der Waals surface area contributed by atoms with E-state index in [0.717, 1.165) is 0 Å². The number of benzene rings is 1. The molecule has 1 aromatic rings. The average molecular weight is 277 g/mol. The summed E-state index contributed by atoms with van der Waals surface area (Å²) in [7, 11) is 0. The molecule has 0 aliphatic rings. The van der Waals surface area contributed by atoms with Crippen LogP contribution in [0.4, 0.5) is 4.39 Å². The van der Waals surface area contributed by atoms with Gasteiger partial charge in [-0.3, -0.25) is 4.79 Å². The highest BCUT2D eigenvalue weighted by molar-refractivity contribution is 5.96. The van der Waals surface area contributed by atoms with E-state index in [4.69, 9.17) is 5.11 Å². The molecular weight excluding hydrogens is 257 g/mol. The normalized spacial score (nSPS) is 10.7. The first kappa shape index (κ1) is 16.2. The fourth-order valence-electron chi connectivity index (χ4n) is 1.47. The zero-order valence-electron chi connectivity index (χ0n) is 12.1. The van der Waals surface area contributed by atoms with Crippen LogP contribution in [0.3, 0.4) is 0 Å². The molecule has 0 radical (unpaired) electrons. The van der Waals surface area contributed by atoms with Crippen LogP contribution in [-0.2, 0) is 0 Å². The first-order valence-electron chi connectivity index (χ1n) is 6.51. The van der Waals surface area contributed by atoms with E-state index in [1.165, 1.54) is 18.2 Å². The molecular formula is C16H20FNO2. The summed E-state index contributed by atoms with van der Waals surface area (Å²) < 4.78 is 13.3. The molecule has 3 nitrogen and oxygen atoms in total. The lowest BCUT2D eigenvalue weighted by Crippen LogP contribution is -2.32. The Morgan fingerprint density at radius 1 is 1.40 bits per heavy atom. The smallest absolute Gasteiger partial charge is 0.252 e. The van der Waals surface area contributed by atoms with Crippen LogP contribution in [0.25, 0.3) is 0 Å². The van der Waals surface area contributed by atoms with Crippen LogP contribution in [0, 0.1) is 23.1 Å². The lowest BCUT2D eigenvalue weighted by Gasteiger charge is -2.19. The number of halogens is 1. The van der Waals surface area contributed by atoms with E-state index in [1.54, 1.807) is 0 Å². The van der Waals surface area contributed by atoms with Crippen LogP contribution in [0.2, 0.25) is 0 Å². The van der Waals surface area contributed by atoms with Crippen molar-refractivity contribution in [3.05, 3.63) is 35.1 Å². The minimum absolute atomic E-state index is 0.0419. The second-order valence-electron chi connectivity index (χ2n) is 5.71. The summed E-state index contributed by atoms with van der Waals surface area (Å²) in [6, 6.07) is 3.93. The van der Waals surface area contributed by atoms with Gasteiger partial charge in [0.05, 0.1) is 12.2 Å². The summed E-state index contributed by atoms with van der Waals surface area (Å²) in [5, 5.41) is 11.5. The average Bonchev–Trinajstić information content (AvgIpc) is 2.37. The van der Waals surface area contributed by atoms with E-state index in [-0.39, 0.29) is 23.5 Å². The van der Waals surface area contributed by atoms with Gasteiger partial charge in [0.2, 0.25) is 0 Å². The fourth-order valence-corrected chi connectivity index (χ4v) is 1.47. The molecule has 1 rings (SSSR count). The van der Waals surface area contributed by atoms with Gasteiger partial charge in [-0.2, -0.15) is 0 Å². The molecule has 0 fully saturated rings. The number of amides is 1. The van der Waals surface area contributed by atoms with Gasteiger partial charge < -0.3 is 10.4 Å². The van der Waals surface area contributed by atoms with Gasteiger partial charge in [-0.15, -0.1) is 0 Å². The summed E-state index contributed by atoms with van der Waals surface area (Å²) in [5.74, 6) is 4.70. The number of hydrogen-bond acceptors (Lipinski definition) is 2. The van der Waals surface area contributed by atoms with E-state index < -0.39 is 5.82 Å². The van der Waals surface area contributed by atoms with E-state index in [2.05, 4.69) is 17.2 Å². The molecule has 0 aliphatic carbocycles. The standard InChI is InChI=1S/C16H20FNO2/c1-16(2,3)11-18-15(20)14-10-13(17)8-7-12(14)6-4-5-9-19/h7-8,10,19H,5,9,11H2,1-3H3,(H,18,20). The zero-order valence-corrected chi connectivity index (χ0v) is 12.1. The van der Waals surface area contributed by atoms with Crippen molar-refractivity contribution in [2.45, 2.75) is 27.2 Å². The quantitative estimate of drug-likeness (QED) is 0.833. The number of carbonyl (C=O) groups excluding carboxylic acids is 1. The van der Waals surface area contributed by atoms with Crippen LogP contribution in [0.1, 0.15) is 43.1 Å². The van der Waals surface area contributed by atoms with Crippen LogP contribution < -0.4 is 5.32 Å². The largest absolute Gasteiger partial charge is 0.395 e. The van der Waals surface area contributed by atoms with Crippen LogP contribution in [0.5, 0.6) is 0 Å². The molecule has 0 aliphatic heterocycles. The highest BCUT2D eigenvalue weighted by Crippen LogP contribution is 2.13. The Bertz CT molecular complexity index is 536. The van der Waals surface area contributed by atoms with Gasteiger partial charge in [-0.1, -0.05) is 32.6 Å². The first-order valence-corrected chi connectivity index (χ1v) is 6.51. The maximum atomic E-state index is 13.3. The van der Waals surface area contributed by atoms with E-state index >= 15 is 0 Å². The Balaban J connectivity index is 2.95. The second kappa shape index (κ2) is 7.06. The van der Waals surface area contributed by atoms with Crippen LogP contribution in [-0.4, -0.2) is 24.2 Å². The van der Waals surface area contributed by atoms with Crippen molar-refractivity contribution < 1.29 is 14.3 Å². The van der Waals surface area contributed by atoms with Crippen molar-refractivity contribution in [3.8, 4) is 11.8 Å². The summed E-state index contributed by atoms with van der Waals surface area (Å²) >= 11 is 0. The lowest BCUT2D eigenvalue weighted by atomic mass is 9.96. The Labute approximate surface area is 119 Å². The molecule has 0 spiro atoms. The molecule has 0 aromatic heterocycles. The molecule has 2 N–H and O–H groups in total. The molecule has 108 valence electrons. The fraction of sp³-hybridized carbons (Fsp3) is 0.438. The SMILES string of the molecule is CC(C)(C)CNC(=O)c1cc(F)ccc1C#CCCO. The number of aliphatic hydroxyl groups is 1. The van der Waals surface area contributed by atoms with Crippen molar-refractivity contribution in [2.75, 3.05) is 13.2 Å². The van der Waals surface area contributed by atoms with Crippen molar-refractivity contribution in [2.24, 2.45) is 5.41 Å². The molecule has 20 heavy (non-hydrogen) atoms. The van der Waals surface area contributed by atoms with E-state index in [9.17, 15) is 9.18 Å². The topological polar surface area (TPSA) is 49.3 Å². The van der Waals surface area contributed by atoms with Crippen molar-refractivity contribution in [1.82, 2.24) is 5.32 Å². The Morgan fingerprint density at radius 3 is 2.70 bits per heavy atom. The molecule has 0 heterocycles. The second-order valence-corrected chi connectivity index (χ2v) is 5.71. The predicted molar refractivity (Wildman–Crippen MR) is 76.8 cm³/mol. The van der Waals surface area contributed by atoms with Gasteiger partial charge in [0.1, 0.15) is 5.82 Å². The molecule has 1 aromatic carbocycles. The third kappa shape index (κ3) is 5.41. The maximum absolute atomic E-state index is 13.3. The molecule has 0 unspecified atom stereocenters. The maximum Gasteiger partial charge on any atom is 0.252 e. The van der Waals surface area contributed by atoms with E-state index in [0.29, 0.717) is 18.5 Å². The predicted octanol–water partition coefficient (Wildman–Crippen LogP) is 2.34. The first-order chi connectivity index (χ1) is 9.33. The monoisotopic (exact) mass is 277 g/mol. The molecule has 0 saturated heterocycles. The highest BCUT2D eigenvalue weighted by Gasteiger charge is 2.15. The summed E-state index contributed by atoms with van der Waals surface area (Å²) in [4.78, 5) is 12.1. The molecule has 0 saturated carbocycles. The Kier molecular flexibility index (Phi) is 5.72. The third-order valence-electron chi connectivity index (χ3n) is 2.47. The number of rotatable bonds is 3. The van der Waals surface area contributed by atoms with Crippen molar-refractivity contribution in [3.63, 3.8) is 0 Å². The Hall–Kier alpha value is -1.86. The number of aliphatic hydroxyl groups excluding tert-OH is 1. The van der Waals surface area contributed by atoms with Gasteiger partial charge in [-0.05, 0) is 23.6 Å². The van der Waals surface area contributed by atoms with Gasteiger partial charge in [0, 0.05) is 18.5 Å². The number of hydrogen-bond donors (Lipinski definition) is 2. The van der Waals surface area contributed by atoms with Crippen LogP contribution >= 0.6 is 0 Å². The van der Waals surface area contributed by atoms with Gasteiger partial charge in [0.15, 0.2) is 0 Å². The Morgan fingerprint density at radius 2 is 2.10 bits per heavy atom. The molecule has 0 bridgehead atoms. The van der Waals surface area contributed by atoms with Gasteiger partial charge in [-0.25, -0.2) is 4.39 Å². The zero-order chi connectivity index (χ0) is 15.2. The third-order valence-corrected chi connectivity index (χ3v) is 2.47. The number of carbonyl (C=O) groups is 1. The number of nitrogens with one attached hydrogen (secondary N) is 1. The highest BCUT2D eigenvalue weighted by atomic mass is 19.1. The molecule has 4 heteroatoms. The lowest BCUT2D eigenvalue weighted by molar-refractivity contribution is 0.0938. The molecule has 0 atom stereocenters. The summed E-state index contributed by atoms with van der Waals surface area (Å²) in [5.41, 5.74) is 0.636. The van der Waals surface area contributed by atoms with Crippen molar-refractivity contribution in [1.29, 1.82) is 0 Å². The van der Waals surface area contributed by atoms with Crippen molar-refractivity contribution >= 4 is 5.91 Å². The summed E-state index contributed by atoms with van der Waals surface area (Å²) in [6.07, 6.45) is 0.320. The van der Waals surface area contributed by atoms with Crippen LogP contribution in [0.15, 0.2) is 18.2 Å².